The summed E-state index contributed by atoms with van der Waals surface area (Å²) in [5.41, 5.74) is 3.06. The van der Waals surface area contributed by atoms with Gasteiger partial charge in [-0.15, -0.1) is 0 Å². The molecule has 2 aromatic rings. The van der Waals surface area contributed by atoms with Crippen LogP contribution in [-0.4, -0.2) is 48.7 Å². The van der Waals surface area contributed by atoms with E-state index in [1.54, 1.807) is 4.90 Å². The standard InChI is InChI=1S/C19H24BrN3O2/c1-3-22-14-16(20)12-18(22)19(24)21(2)13-15-6-4-5-7-17(15)23-8-10-25-11-9-23/h4-7,12,14H,3,8-11,13H2,1-2H3. The molecule has 1 amide bonds. The fourth-order valence-electron chi connectivity index (χ4n) is 3.20. The Kier molecular flexibility index (Phi) is 5.81. The minimum absolute atomic E-state index is 0.0318. The molecule has 3 rings (SSSR count). The molecule has 134 valence electrons. The molecule has 25 heavy (non-hydrogen) atoms. The van der Waals surface area contributed by atoms with E-state index in [-0.39, 0.29) is 5.91 Å². The Bertz CT molecular complexity index is 738. The summed E-state index contributed by atoms with van der Waals surface area (Å²) in [5.74, 6) is 0.0318. The van der Waals surface area contributed by atoms with Crippen LogP contribution in [0.4, 0.5) is 5.69 Å². The van der Waals surface area contributed by atoms with Crippen LogP contribution in [0, 0.1) is 0 Å². The minimum Gasteiger partial charge on any atom is -0.378 e. The van der Waals surface area contributed by atoms with Gasteiger partial charge in [0.25, 0.3) is 5.91 Å². The number of hydrogen-bond acceptors (Lipinski definition) is 3. The third-order valence-corrected chi connectivity index (χ3v) is 4.95. The molecule has 0 N–H and O–H groups in total. The van der Waals surface area contributed by atoms with Crippen LogP contribution in [0.1, 0.15) is 23.0 Å². The number of carbonyl (C=O) groups excluding carboxylic acids is 1. The van der Waals surface area contributed by atoms with Crippen molar-refractivity contribution in [1.82, 2.24) is 9.47 Å². The van der Waals surface area contributed by atoms with Crippen molar-refractivity contribution in [1.29, 1.82) is 0 Å². The van der Waals surface area contributed by atoms with Gasteiger partial charge in [-0.3, -0.25) is 4.79 Å². The maximum Gasteiger partial charge on any atom is 0.270 e. The van der Waals surface area contributed by atoms with Crippen LogP contribution in [0.15, 0.2) is 41.0 Å². The lowest BCUT2D eigenvalue weighted by Crippen LogP contribution is -2.37. The molecule has 1 aromatic carbocycles. The van der Waals surface area contributed by atoms with Crippen LogP contribution in [0.2, 0.25) is 0 Å². The predicted octanol–water partition coefficient (Wildman–Crippen LogP) is 3.38. The molecule has 1 aliphatic heterocycles. The zero-order valence-electron chi connectivity index (χ0n) is 14.7. The summed E-state index contributed by atoms with van der Waals surface area (Å²) in [4.78, 5) is 17.0. The second-order valence-electron chi connectivity index (χ2n) is 6.22. The van der Waals surface area contributed by atoms with E-state index < -0.39 is 0 Å². The van der Waals surface area contributed by atoms with Crippen molar-refractivity contribution in [3.05, 3.63) is 52.3 Å². The second-order valence-corrected chi connectivity index (χ2v) is 7.13. The summed E-state index contributed by atoms with van der Waals surface area (Å²) in [6.07, 6.45) is 1.95. The number of halogens is 1. The first-order chi connectivity index (χ1) is 12.1. The summed E-state index contributed by atoms with van der Waals surface area (Å²) in [5, 5.41) is 0. The van der Waals surface area contributed by atoms with E-state index in [2.05, 4.69) is 39.0 Å². The number of benzene rings is 1. The van der Waals surface area contributed by atoms with Crippen LogP contribution < -0.4 is 4.90 Å². The number of aromatic nitrogens is 1. The van der Waals surface area contributed by atoms with Crippen molar-refractivity contribution in [2.24, 2.45) is 0 Å². The Labute approximate surface area is 157 Å². The molecule has 0 bridgehead atoms. The van der Waals surface area contributed by atoms with Gasteiger partial charge >= 0.3 is 0 Å². The Hall–Kier alpha value is -1.79. The number of ether oxygens (including phenoxy) is 1. The summed E-state index contributed by atoms with van der Waals surface area (Å²) >= 11 is 3.46. The number of nitrogens with zero attached hydrogens (tertiary/aromatic N) is 3. The Balaban J connectivity index is 1.78. The first-order valence-electron chi connectivity index (χ1n) is 8.62. The average Bonchev–Trinajstić information content (AvgIpc) is 3.03. The van der Waals surface area contributed by atoms with Crippen molar-refractivity contribution in [3.8, 4) is 0 Å². The first-order valence-corrected chi connectivity index (χ1v) is 9.41. The zero-order valence-corrected chi connectivity index (χ0v) is 16.3. The molecule has 1 saturated heterocycles. The zero-order chi connectivity index (χ0) is 17.8. The van der Waals surface area contributed by atoms with Gasteiger partial charge in [0.1, 0.15) is 5.69 Å². The molecule has 2 heterocycles. The van der Waals surface area contributed by atoms with E-state index in [4.69, 9.17) is 4.74 Å². The van der Waals surface area contributed by atoms with E-state index in [9.17, 15) is 4.79 Å². The molecule has 0 spiro atoms. The lowest BCUT2D eigenvalue weighted by Gasteiger charge is -2.31. The summed E-state index contributed by atoms with van der Waals surface area (Å²) in [7, 11) is 1.86. The molecular formula is C19H24BrN3O2. The van der Waals surface area contributed by atoms with Crippen LogP contribution in [0.3, 0.4) is 0 Å². The monoisotopic (exact) mass is 405 g/mol. The Morgan fingerprint density at radius 2 is 2.00 bits per heavy atom. The molecule has 1 aliphatic rings. The second kappa shape index (κ2) is 8.06. The number of morpholine rings is 1. The van der Waals surface area contributed by atoms with E-state index in [1.165, 1.54) is 5.69 Å². The smallest absolute Gasteiger partial charge is 0.270 e. The van der Waals surface area contributed by atoms with Gasteiger partial charge in [-0.05, 0) is 40.5 Å². The van der Waals surface area contributed by atoms with Crippen LogP contribution >= 0.6 is 15.9 Å². The minimum atomic E-state index is 0.0318. The molecule has 1 aromatic heterocycles. The van der Waals surface area contributed by atoms with Crippen LogP contribution in [0.5, 0.6) is 0 Å². The number of carbonyl (C=O) groups is 1. The van der Waals surface area contributed by atoms with E-state index in [0.717, 1.165) is 42.9 Å². The highest BCUT2D eigenvalue weighted by molar-refractivity contribution is 9.10. The van der Waals surface area contributed by atoms with E-state index in [1.807, 2.05) is 36.9 Å². The number of aryl methyl sites for hydroxylation is 1. The van der Waals surface area contributed by atoms with Crippen LogP contribution in [-0.2, 0) is 17.8 Å². The average molecular weight is 406 g/mol. The van der Waals surface area contributed by atoms with Crippen LogP contribution in [0.25, 0.3) is 0 Å². The molecule has 5 nitrogen and oxygen atoms in total. The largest absolute Gasteiger partial charge is 0.378 e. The third-order valence-electron chi connectivity index (χ3n) is 4.52. The number of para-hydroxylation sites is 1. The predicted molar refractivity (Wildman–Crippen MR) is 103 cm³/mol. The van der Waals surface area contributed by atoms with Gasteiger partial charge in [0.15, 0.2) is 0 Å². The Morgan fingerprint density at radius 3 is 2.72 bits per heavy atom. The normalized spacial score (nSPS) is 14.6. The fraction of sp³-hybridized carbons (Fsp3) is 0.421. The molecule has 6 heteroatoms. The van der Waals surface area contributed by atoms with E-state index in [0.29, 0.717) is 12.2 Å². The maximum absolute atomic E-state index is 12.9. The SMILES string of the molecule is CCn1cc(Br)cc1C(=O)N(C)Cc1ccccc1N1CCOCC1. The van der Waals surface area contributed by atoms with Crippen molar-refractivity contribution in [3.63, 3.8) is 0 Å². The topological polar surface area (TPSA) is 37.7 Å². The number of anilines is 1. The molecule has 0 radical (unpaired) electrons. The van der Waals surface area contributed by atoms with Gasteiger partial charge in [-0.25, -0.2) is 0 Å². The van der Waals surface area contributed by atoms with Crippen molar-refractivity contribution in [2.45, 2.75) is 20.0 Å². The highest BCUT2D eigenvalue weighted by Crippen LogP contribution is 2.24. The lowest BCUT2D eigenvalue weighted by molar-refractivity contribution is 0.0774. The number of amides is 1. The van der Waals surface area contributed by atoms with E-state index >= 15 is 0 Å². The molecule has 1 fully saturated rings. The van der Waals surface area contributed by atoms with Gasteiger partial charge in [0.05, 0.1) is 13.2 Å². The van der Waals surface area contributed by atoms with Gasteiger partial charge in [-0.2, -0.15) is 0 Å². The molecule has 0 atom stereocenters. The summed E-state index contributed by atoms with van der Waals surface area (Å²) in [6, 6.07) is 10.2. The first kappa shape index (κ1) is 18.0. The summed E-state index contributed by atoms with van der Waals surface area (Å²) < 4.78 is 8.35. The number of hydrogen-bond donors (Lipinski definition) is 0. The maximum atomic E-state index is 12.9. The van der Waals surface area contributed by atoms with Gasteiger partial charge in [0, 0.05) is 49.6 Å². The lowest BCUT2D eigenvalue weighted by atomic mass is 10.1. The van der Waals surface area contributed by atoms with Gasteiger partial charge in [0.2, 0.25) is 0 Å². The quantitative estimate of drug-likeness (QED) is 0.764. The fourth-order valence-corrected chi connectivity index (χ4v) is 3.66. The van der Waals surface area contributed by atoms with Crippen molar-refractivity contribution in [2.75, 3.05) is 38.3 Å². The Morgan fingerprint density at radius 1 is 1.28 bits per heavy atom. The molecule has 0 unspecified atom stereocenters. The molecule has 0 saturated carbocycles. The van der Waals surface area contributed by atoms with Crippen molar-refractivity contribution >= 4 is 27.5 Å². The van der Waals surface area contributed by atoms with Crippen molar-refractivity contribution < 1.29 is 9.53 Å². The molecular weight excluding hydrogens is 382 g/mol. The van der Waals surface area contributed by atoms with Gasteiger partial charge in [-0.1, -0.05) is 18.2 Å². The number of rotatable bonds is 5. The van der Waals surface area contributed by atoms with Gasteiger partial charge < -0.3 is 19.1 Å². The summed E-state index contributed by atoms with van der Waals surface area (Å²) in [6.45, 7) is 6.67. The highest BCUT2D eigenvalue weighted by atomic mass is 79.9. The highest BCUT2D eigenvalue weighted by Gasteiger charge is 2.20. The third kappa shape index (κ3) is 4.07. The molecule has 0 aliphatic carbocycles.